The maximum Gasteiger partial charge on any atom is 0.242 e. The summed E-state index contributed by atoms with van der Waals surface area (Å²) in [6.07, 6.45) is 1.85. The summed E-state index contributed by atoms with van der Waals surface area (Å²) in [4.78, 5) is 0.0270. The minimum atomic E-state index is -3.69. The Morgan fingerprint density at radius 3 is 2.68 bits per heavy atom. The average Bonchev–Trinajstić information content (AvgIpc) is 2.86. The Hall–Kier alpha value is -0.0800. The van der Waals surface area contributed by atoms with Crippen molar-refractivity contribution in [1.29, 1.82) is 0 Å². The van der Waals surface area contributed by atoms with Gasteiger partial charge in [0.05, 0.1) is 17.2 Å². The fraction of sp³-hybridized carbons (Fsp3) is 0.538. The molecule has 0 aromatic heterocycles. The normalized spacial score (nSPS) is 21.6. The molecule has 0 radical (unpaired) electrons. The van der Waals surface area contributed by atoms with E-state index in [4.69, 9.17) is 27.9 Å². The summed E-state index contributed by atoms with van der Waals surface area (Å²) in [6, 6.07) is 4.31. The third-order valence-electron chi connectivity index (χ3n) is 3.54. The quantitative estimate of drug-likeness (QED) is 0.784. The van der Waals surface area contributed by atoms with Crippen LogP contribution in [0.1, 0.15) is 12.8 Å². The van der Waals surface area contributed by atoms with Crippen LogP contribution in [0.25, 0.3) is 0 Å². The van der Waals surface area contributed by atoms with E-state index in [0.717, 1.165) is 19.4 Å². The molecule has 1 saturated heterocycles. The third kappa shape index (κ3) is 4.71. The van der Waals surface area contributed by atoms with E-state index >= 15 is 0 Å². The molecule has 1 aromatic rings. The number of benzene rings is 1. The summed E-state index contributed by atoms with van der Waals surface area (Å²) < 4.78 is 32.5. The lowest BCUT2D eigenvalue weighted by atomic mass is 9.99. The number of ether oxygens (including phenoxy) is 1. The molecule has 0 spiro atoms. The highest BCUT2D eigenvalue weighted by atomic mass is 35.5. The van der Waals surface area contributed by atoms with E-state index in [-0.39, 0.29) is 34.4 Å². The van der Waals surface area contributed by atoms with Crippen LogP contribution >= 0.6 is 35.6 Å². The van der Waals surface area contributed by atoms with Crippen molar-refractivity contribution in [1.82, 2.24) is 10.0 Å². The van der Waals surface area contributed by atoms with Crippen molar-refractivity contribution in [2.24, 2.45) is 0 Å². The molecule has 1 atom stereocenters. The second-order valence-electron chi connectivity index (χ2n) is 5.14. The first-order valence-corrected chi connectivity index (χ1v) is 8.81. The number of rotatable bonds is 6. The van der Waals surface area contributed by atoms with Crippen molar-refractivity contribution in [2.45, 2.75) is 23.3 Å². The van der Waals surface area contributed by atoms with E-state index in [9.17, 15) is 8.42 Å². The van der Waals surface area contributed by atoms with Gasteiger partial charge in [-0.1, -0.05) is 23.2 Å². The first-order chi connectivity index (χ1) is 9.88. The molecule has 22 heavy (non-hydrogen) atoms. The van der Waals surface area contributed by atoms with Crippen molar-refractivity contribution >= 4 is 45.6 Å². The Kier molecular flexibility index (Phi) is 7.39. The Morgan fingerprint density at radius 1 is 1.41 bits per heavy atom. The van der Waals surface area contributed by atoms with E-state index in [1.54, 1.807) is 7.11 Å². The molecule has 2 N–H and O–H groups in total. The number of sulfonamides is 1. The summed E-state index contributed by atoms with van der Waals surface area (Å²) in [5, 5.41) is 3.82. The summed E-state index contributed by atoms with van der Waals surface area (Å²) in [7, 11) is -2.08. The number of hydrogen-bond acceptors (Lipinski definition) is 4. The van der Waals surface area contributed by atoms with Crippen LogP contribution < -0.4 is 10.0 Å². The summed E-state index contributed by atoms with van der Waals surface area (Å²) in [5.74, 6) is 0. The standard InChI is InChI=1S/C13H18Cl2N2O3S.ClH/c1-20-9-13(5-2-6-16-13)8-17-21(18,19)12-4-3-10(14)7-11(12)15;/h3-4,7,16-17H,2,5-6,8-9H2,1H3;1H. The number of methoxy groups -OCH3 is 1. The number of halogens is 3. The molecule has 5 nitrogen and oxygen atoms in total. The smallest absolute Gasteiger partial charge is 0.242 e. The second-order valence-corrected chi connectivity index (χ2v) is 7.72. The number of nitrogens with one attached hydrogen (secondary N) is 2. The van der Waals surface area contributed by atoms with Gasteiger partial charge in [-0.05, 0) is 37.6 Å². The molecule has 0 amide bonds. The summed E-state index contributed by atoms with van der Waals surface area (Å²) in [6.45, 7) is 1.55. The van der Waals surface area contributed by atoms with Gasteiger partial charge < -0.3 is 10.1 Å². The molecule has 1 aromatic carbocycles. The van der Waals surface area contributed by atoms with Gasteiger partial charge in [0.15, 0.2) is 0 Å². The zero-order valence-electron chi connectivity index (χ0n) is 12.1. The molecule has 0 aliphatic carbocycles. The molecule has 0 saturated carbocycles. The van der Waals surface area contributed by atoms with Gasteiger partial charge in [0.2, 0.25) is 10.0 Å². The molecule has 2 rings (SSSR count). The average molecular weight is 390 g/mol. The van der Waals surface area contributed by atoms with Crippen molar-refractivity contribution < 1.29 is 13.2 Å². The van der Waals surface area contributed by atoms with Crippen molar-refractivity contribution in [3.8, 4) is 0 Å². The predicted molar refractivity (Wildman–Crippen MR) is 90.7 cm³/mol. The maximum atomic E-state index is 12.4. The van der Waals surface area contributed by atoms with Crippen molar-refractivity contribution in [3.05, 3.63) is 28.2 Å². The summed E-state index contributed by atoms with van der Waals surface area (Å²) in [5.41, 5.74) is -0.360. The molecular weight excluding hydrogens is 371 g/mol. The van der Waals surface area contributed by atoms with Crippen LogP contribution in [0.5, 0.6) is 0 Å². The SMILES string of the molecule is COCC1(CNS(=O)(=O)c2ccc(Cl)cc2Cl)CCCN1.Cl. The van der Waals surface area contributed by atoms with Gasteiger partial charge in [-0.15, -0.1) is 12.4 Å². The lowest BCUT2D eigenvalue weighted by molar-refractivity contribution is 0.122. The van der Waals surface area contributed by atoms with Gasteiger partial charge in [0.1, 0.15) is 4.90 Å². The molecule has 126 valence electrons. The minimum Gasteiger partial charge on any atom is -0.383 e. The lowest BCUT2D eigenvalue weighted by Crippen LogP contribution is -2.52. The fourth-order valence-electron chi connectivity index (χ4n) is 2.47. The van der Waals surface area contributed by atoms with Gasteiger partial charge in [-0.2, -0.15) is 0 Å². The fourth-order valence-corrected chi connectivity index (χ4v) is 4.37. The largest absolute Gasteiger partial charge is 0.383 e. The van der Waals surface area contributed by atoms with Crippen molar-refractivity contribution in [3.63, 3.8) is 0 Å². The molecule has 1 unspecified atom stereocenters. The van der Waals surface area contributed by atoms with Gasteiger partial charge in [0, 0.05) is 18.7 Å². The van der Waals surface area contributed by atoms with Crippen molar-refractivity contribution in [2.75, 3.05) is 26.8 Å². The number of hydrogen-bond donors (Lipinski definition) is 2. The van der Waals surface area contributed by atoms with Crippen LogP contribution in [0.3, 0.4) is 0 Å². The molecule has 0 bridgehead atoms. The van der Waals surface area contributed by atoms with E-state index < -0.39 is 10.0 Å². The van der Waals surface area contributed by atoms with E-state index in [0.29, 0.717) is 11.6 Å². The van der Waals surface area contributed by atoms with Crippen LogP contribution in [-0.4, -0.2) is 40.8 Å². The van der Waals surface area contributed by atoms with E-state index in [1.807, 2.05) is 0 Å². The highest BCUT2D eigenvalue weighted by molar-refractivity contribution is 7.89. The van der Waals surface area contributed by atoms with E-state index in [2.05, 4.69) is 10.0 Å². The van der Waals surface area contributed by atoms with Gasteiger partial charge >= 0.3 is 0 Å². The highest BCUT2D eigenvalue weighted by Crippen LogP contribution is 2.26. The molecular formula is C13H19Cl3N2O3S. The van der Waals surface area contributed by atoms with Gasteiger partial charge in [-0.3, -0.25) is 0 Å². The van der Waals surface area contributed by atoms with Crippen LogP contribution in [-0.2, 0) is 14.8 Å². The highest BCUT2D eigenvalue weighted by Gasteiger charge is 2.35. The Balaban J connectivity index is 0.00000242. The van der Waals surface area contributed by atoms with Crippen LogP contribution in [0.2, 0.25) is 10.0 Å². The Bertz CT molecular complexity index is 605. The Morgan fingerprint density at radius 2 is 2.14 bits per heavy atom. The van der Waals surface area contributed by atoms with Crippen LogP contribution in [0, 0.1) is 0 Å². The Labute approximate surface area is 147 Å². The van der Waals surface area contributed by atoms with E-state index in [1.165, 1.54) is 18.2 Å². The molecule has 1 aliphatic rings. The van der Waals surface area contributed by atoms with Gasteiger partial charge in [-0.25, -0.2) is 13.1 Å². The topological polar surface area (TPSA) is 67.4 Å². The lowest BCUT2D eigenvalue weighted by Gasteiger charge is -2.28. The third-order valence-corrected chi connectivity index (χ3v) is 5.66. The summed E-state index contributed by atoms with van der Waals surface area (Å²) >= 11 is 11.7. The predicted octanol–water partition coefficient (Wildman–Crippen LogP) is 2.46. The molecule has 1 heterocycles. The second kappa shape index (κ2) is 8.15. The minimum absolute atomic E-state index is 0. The van der Waals surface area contributed by atoms with Gasteiger partial charge in [0.25, 0.3) is 0 Å². The molecule has 1 fully saturated rings. The molecule has 9 heteroatoms. The zero-order valence-corrected chi connectivity index (χ0v) is 15.2. The maximum absolute atomic E-state index is 12.4. The first kappa shape index (κ1) is 20.0. The molecule has 1 aliphatic heterocycles. The van der Waals surface area contributed by atoms with Crippen LogP contribution in [0.15, 0.2) is 23.1 Å². The van der Waals surface area contributed by atoms with Crippen LogP contribution in [0.4, 0.5) is 0 Å². The monoisotopic (exact) mass is 388 g/mol. The first-order valence-electron chi connectivity index (χ1n) is 6.57. The zero-order chi connectivity index (χ0) is 15.5.